The first kappa shape index (κ1) is 21.8. The number of hydrogen-bond acceptors (Lipinski definition) is 3. The highest BCUT2D eigenvalue weighted by Gasteiger charge is 2.28. The van der Waals surface area contributed by atoms with Crippen molar-refractivity contribution in [2.75, 3.05) is 6.61 Å². The van der Waals surface area contributed by atoms with E-state index in [9.17, 15) is 18.0 Å². The van der Waals surface area contributed by atoms with Crippen molar-refractivity contribution in [3.8, 4) is 5.75 Å². The van der Waals surface area contributed by atoms with Gasteiger partial charge in [-0.1, -0.05) is 42.5 Å². The van der Waals surface area contributed by atoms with Crippen LogP contribution < -0.4 is 15.8 Å². The largest absolute Gasteiger partial charge is 0.484 e. The number of ether oxygens (including phenoxy) is 1. The van der Waals surface area contributed by atoms with Gasteiger partial charge in [-0.3, -0.25) is 4.79 Å². The molecule has 0 heterocycles. The van der Waals surface area contributed by atoms with Gasteiger partial charge in [0.15, 0.2) is 6.61 Å². The molecule has 1 atom stereocenters. The van der Waals surface area contributed by atoms with E-state index >= 15 is 0 Å². The Morgan fingerprint density at radius 1 is 1.12 bits per heavy atom. The van der Waals surface area contributed by atoms with Gasteiger partial charge in [0, 0.05) is 19.0 Å². The molecule has 4 nitrogen and oxygen atoms in total. The molecule has 0 fully saturated rings. The average molecular weight is 389 g/mol. The Morgan fingerprint density at radius 2 is 1.81 bits per heavy atom. The normalized spacial score (nSPS) is 12.0. The number of benzene rings is 2. The van der Waals surface area contributed by atoms with Gasteiger partial charge in [0.05, 0.1) is 0 Å². The van der Waals surface area contributed by atoms with Gasteiger partial charge in [-0.2, -0.15) is 13.2 Å². The van der Waals surface area contributed by atoms with E-state index in [-0.39, 0.29) is 37.0 Å². The minimum Gasteiger partial charge on any atom is -0.484 e. The average Bonchev–Trinajstić information content (AvgIpc) is 2.59. The van der Waals surface area contributed by atoms with Crippen molar-refractivity contribution in [3.63, 3.8) is 0 Å². The van der Waals surface area contributed by atoms with Crippen LogP contribution in [0.1, 0.15) is 23.6 Å². The molecule has 0 bridgehead atoms. The zero-order chi connectivity index (χ0) is 18.3. The lowest BCUT2D eigenvalue weighted by Crippen LogP contribution is -2.27. The lowest BCUT2D eigenvalue weighted by molar-refractivity contribution is -0.153. The predicted octanol–water partition coefficient (Wildman–Crippen LogP) is 3.76. The first-order valence-corrected chi connectivity index (χ1v) is 7.69. The van der Waals surface area contributed by atoms with Crippen molar-refractivity contribution in [3.05, 3.63) is 65.7 Å². The SMILES string of the molecule is Cl.NC(CC(=O)NCc1cccc(OCC(F)(F)F)c1)c1ccccc1. The zero-order valence-corrected chi connectivity index (χ0v) is 14.6. The molecule has 0 saturated carbocycles. The Morgan fingerprint density at radius 3 is 2.46 bits per heavy atom. The smallest absolute Gasteiger partial charge is 0.422 e. The molecule has 0 saturated heterocycles. The highest BCUT2D eigenvalue weighted by atomic mass is 35.5. The fourth-order valence-electron chi connectivity index (χ4n) is 2.20. The molecule has 142 valence electrons. The number of hydrogen-bond donors (Lipinski definition) is 2. The first-order chi connectivity index (χ1) is 11.8. The molecule has 2 rings (SSSR count). The fourth-order valence-corrected chi connectivity index (χ4v) is 2.20. The molecular formula is C18H20ClF3N2O2. The summed E-state index contributed by atoms with van der Waals surface area (Å²) >= 11 is 0. The lowest BCUT2D eigenvalue weighted by Gasteiger charge is -2.13. The molecular weight excluding hydrogens is 369 g/mol. The van der Waals surface area contributed by atoms with Crippen LogP contribution in [-0.4, -0.2) is 18.7 Å². The van der Waals surface area contributed by atoms with Crippen LogP contribution >= 0.6 is 12.4 Å². The fraction of sp³-hybridized carbons (Fsp3) is 0.278. The van der Waals surface area contributed by atoms with Crippen molar-refractivity contribution >= 4 is 18.3 Å². The summed E-state index contributed by atoms with van der Waals surface area (Å²) in [5.41, 5.74) is 7.48. The van der Waals surface area contributed by atoms with Gasteiger partial charge >= 0.3 is 6.18 Å². The van der Waals surface area contributed by atoms with Crippen molar-refractivity contribution in [1.29, 1.82) is 0 Å². The van der Waals surface area contributed by atoms with Crippen LogP contribution in [0, 0.1) is 0 Å². The number of amides is 1. The molecule has 0 aliphatic carbocycles. The van der Waals surface area contributed by atoms with Gasteiger partial charge in [0.1, 0.15) is 5.75 Å². The summed E-state index contributed by atoms with van der Waals surface area (Å²) < 4.78 is 41.2. The Balaban J connectivity index is 0.00000338. The van der Waals surface area contributed by atoms with E-state index in [4.69, 9.17) is 5.73 Å². The van der Waals surface area contributed by atoms with E-state index in [1.54, 1.807) is 12.1 Å². The summed E-state index contributed by atoms with van der Waals surface area (Å²) in [6, 6.07) is 15.0. The van der Waals surface area contributed by atoms with Gasteiger partial charge < -0.3 is 15.8 Å². The summed E-state index contributed by atoms with van der Waals surface area (Å²) in [5, 5.41) is 2.70. The van der Waals surface area contributed by atoms with E-state index in [1.165, 1.54) is 12.1 Å². The van der Waals surface area contributed by atoms with Gasteiger partial charge in [-0.15, -0.1) is 12.4 Å². The topological polar surface area (TPSA) is 64.4 Å². The van der Waals surface area contributed by atoms with Crippen molar-refractivity contribution in [2.45, 2.75) is 25.2 Å². The molecule has 1 unspecified atom stereocenters. The Hall–Kier alpha value is -2.25. The molecule has 3 N–H and O–H groups in total. The third-order valence-corrected chi connectivity index (χ3v) is 3.42. The van der Waals surface area contributed by atoms with Crippen LogP contribution in [0.4, 0.5) is 13.2 Å². The number of carbonyl (C=O) groups is 1. The Kier molecular flexibility index (Phi) is 8.41. The third-order valence-electron chi connectivity index (χ3n) is 3.42. The van der Waals surface area contributed by atoms with Gasteiger partial charge in [-0.25, -0.2) is 0 Å². The summed E-state index contributed by atoms with van der Waals surface area (Å²) in [4.78, 5) is 12.0. The second-order valence-electron chi connectivity index (χ2n) is 5.55. The zero-order valence-electron chi connectivity index (χ0n) is 13.8. The minimum atomic E-state index is -4.39. The number of nitrogens with two attached hydrogens (primary N) is 1. The monoisotopic (exact) mass is 388 g/mol. The van der Waals surface area contributed by atoms with Crippen molar-refractivity contribution in [2.24, 2.45) is 5.73 Å². The summed E-state index contributed by atoms with van der Waals surface area (Å²) in [6.07, 6.45) is -4.27. The Labute approximate surface area is 155 Å². The van der Waals surface area contributed by atoms with Crippen LogP contribution in [0.25, 0.3) is 0 Å². The molecule has 2 aromatic carbocycles. The van der Waals surface area contributed by atoms with Gasteiger partial charge in [0.25, 0.3) is 0 Å². The highest BCUT2D eigenvalue weighted by molar-refractivity contribution is 5.85. The summed E-state index contributed by atoms with van der Waals surface area (Å²) in [6.45, 7) is -1.17. The maximum Gasteiger partial charge on any atom is 0.422 e. The maximum atomic E-state index is 12.2. The molecule has 0 aliphatic heterocycles. The lowest BCUT2D eigenvalue weighted by atomic mass is 10.0. The maximum absolute atomic E-state index is 12.2. The number of nitrogens with one attached hydrogen (secondary N) is 1. The summed E-state index contributed by atoms with van der Waals surface area (Å²) in [5.74, 6) is -0.136. The van der Waals surface area contributed by atoms with Crippen molar-refractivity contribution < 1.29 is 22.7 Å². The third kappa shape index (κ3) is 7.76. The van der Waals surface area contributed by atoms with E-state index in [2.05, 4.69) is 10.1 Å². The standard InChI is InChI=1S/C18H19F3N2O2.ClH/c19-18(20,21)12-25-15-8-4-5-13(9-15)11-23-17(24)10-16(22)14-6-2-1-3-7-14;/h1-9,16H,10-12,22H2,(H,23,24);1H. The van der Waals surface area contributed by atoms with Crippen LogP contribution in [-0.2, 0) is 11.3 Å². The second-order valence-corrected chi connectivity index (χ2v) is 5.55. The minimum absolute atomic E-state index is 0. The number of halogens is 4. The second kappa shape index (κ2) is 10.0. The van der Waals surface area contributed by atoms with E-state index in [1.807, 2.05) is 30.3 Å². The molecule has 1 amide bonds. The van der Waals surface area contributed by atoms with Gasteiger partial charge in [0.2, 0.25) is 5.91 Å². The molecule has 0 radical (unpaired) electrons. The molecule has 26 heavy (non-hydrogen) atoms. The van der Waals surface area contributed by atoms with Crippen LogP contribution in [0.3, 0.4) is 0 Å². The van der Waals surface area contributed by atoms with Crippen LogP contribution in [0.5, 0.6) is 5.75 Å². The van der Waals surface area contributed by atoms with E-state index in [0.717, 1.165) is 5.56 Å². The van der Waals surface area contributed by atoms with E-state index in [0.29, 0.717) is 5.56 Å². The van der Waals surface area contributed by atoms with Crippen LogP contribution in [0.15, 0.2) is 54.6 Å². The number of carbonyl (C=O) groups excluding carboxylic acids is 1. The number of alkyl halides is 3. The highest BCUT2D eigenvalue weighted by Crippen LogP contribution is 2.19. The number of rotatable bonds is 7. The molecule has 8 heteroatoms. The van der Waals surface area contributed by atoms with E-state index < -0.39 is 18.8 Å². The summed E-state index contributed by atoms with van der Waals surface area (Å²) in [7, 11) is 0. The predicted molar refractivity (Wildman–Crippen MR) is 95.1 cm³/mol. The molecule has 0 aromatic heterocycles. The van der Waals surface area contributed by atoms with Crippen LogP contribution in [0.2, 0.25) is 0 Å². The quantitative estimate of drug-likeness (QED) is 0.759. The Bertz CT molecular complexity index is 696. The van der Waals surface area contributed by atoms with Crippen molar-refractivity contribution in [1.82, 2.24) is 5.32 Å². The molecule has 2 aromatic rings. The molecule has 0 spiro atoms. The molecule has 0 aliphatic rings. The van der Waals surface area contributed by atoms with Gasteiger partial charge in [-0.05, 0) is 23.3 Å². The first-order valence-electron chi connectivity index (χ1n) is 7.69.